The van der Waals surface area contributed by atoms with Crippen LogP contribution in [-0.4, -0.2) is 9.19 Å². The topological polar surface area (TPSA) is 30.0 Å². The van der Waals surface area contributed by atoms with Crippen molar-refractivity contribution < 1.29 is 8.60 Å². The first-order valence-corrected chi connectivity index (χ1v) is 6.53. The Morgan fingerprint density at radius 3 is 2.71 bits per heavy atom. The van der Waals surface area contributed by atoms with Crippen molar-refractivity contribution in [3.63, 3.8) is 0 Å². The first-order valence-electron chi connectivity index (χ1n) is 5.21. The summed E-state index contributed by atoms with van der Waals surface area (Å²) < 4.78 is 25.0. The molecule has 0 spiro atoms. The molecule has 0 bridgehead atoms. The standard InChI is InChI=1S/C13H12FNOS/c1-10-4-2-6-12(15-10)9-17(16)13-7-3-5-11(14)8-13/h2-8H,9H2,1H3. The number of pyridine rings is 1. The van der Waals surface area contributed by atoms with Crippen molar-refractivity contribution >= 4 is 10.8 Å². The van der Waals surface area contributed by atoms with E-state index >= 15 is 0 Å². The van der Waals surface area contributed by atoms with Gasteiger partial charge in [0.15, 0.2) is 0 Å². The normalized spacial score (nSPS) is 12.4. The number of aryl methyl sites for hydroxylation is 1. The smallest absolute Gasteiger partial charge is 0.124 e. The molecular formula is C13H12FNOS. The van der Waals surface area contributed by atoms with Crippen molar-refractivity contribution in [2.75, 3.05) is 0 Å². The maximum Gasteiger partial charge on any atom is 0.124 e. The lowest BCUT2D eigenvalue weighted by Crippen LogP contribution is -1.99. The molecule has 0 aliphatic heterocycles. The maximum atomic E-state index is 13.0. The van der Waals surface area contributed by atoms with E-state index in [2.05, 4.69) is 4.98 Å². The van der Waals surface area contributed by atoms with E-state index in [0.29, 0.717) is 10.6 Å². The van der Waals surface area contributed by atoms with Crippen LogP contribution in [0.3, 0.4) is 0 Å². The number of hydrogen-bond acceptors (Lipinski definition) is 2. The van der Waals surface area contributed by atoms with Crippen LogP contribution in [0.4, 0.5) is 4.39 Å². The summed E-state index contributed by atoms with van der Waals surface area (Å²) in [6, 6.07) is 11.4. The van der Waals surface area contributed by atoms with Crippen LogP contribution >= 0.6 is 0 Å². The molecule has 4 heteroatoms. The summed E-state index contributed by atoms with van der Waals surface area (Å²) >= 11 is 0. The second-order valence-electron chi connectivity index (χ2n) is 3.72. The van der Waals surface area contributed by atoms with Crippen molar-refractivity contribution in [1.82, 2.24) is 4.98 Å². The Labute approximate surface area is 102 Å². The van der Waals surface area contributed by atoms with Gasteiger partial charge in [-0.15, -0.1) is 0 Å². The fourth-order valence-corrected chi connectivity index (χ4v) is 2.58. The highest BCUT2D eigenvalue weighted by Gasteiger charge is 2.07. The van der Waals surface area contributed by atoms with Gasteiger partial charge in [-0.1, -0.05) is 12.1 Å². The molecule has 1 aromatic heterocycles. The number of benzene rings is 1. The van der Waals surface area contributed by atoms with Gasteiger partial charge in [-0.25, -0.2) is 4.39 Å². The first-order chi connectivity index (χ1) is 8.15. The quantitative estimate of drug-likeness (QED) is 0.837. The van der Waals surface area contributed by atoms with E-state index in [0.717, 1.165) is 11.4 Å². The van der Waals surface area contributed by atoms with Crippen molar-refractivity contribution in [2.45, 2.75) is 17.6 Å². The highest BCUT2D eigenvalue weighted by molar-refractivity contribution is 7.84. The number of halogens is 1. The van der Waals surface area contributed by atoms with Crippen LogP contribution in [0.1, 0.15) is 11.4 Å². The first kappa shape index (κ1) is 11.9. The second kappa shape index (κ2) is 5.19. The highest BCUT2D eigenvalue weighted by atomic mass is 32.2. The van der Waals surface area contributed by atoms with Crippen LogP contribution in [0.25, 0.3) is 0 Å². The molecule has 0 fully saturated rings. The number of hydrogen-bond donors (Lipinski definition) is 0. The SMILES string of the molecule is Cc1cccc(CS(=O)c2cccc(F)c2)n1. The molecule has 1 unspecified atom stereocenters. The molecule has 1 aromatic carbocycles. The zero-order valence-corrected chi connectivity index (χ0v) is 10.2. The van der Waals surface area contributed by atoms with Gasteiger partial charge in [0.1, 0.15) is 5.82 Å². The van der Waals surface area contributed by atoms with Crippen molar-refractivity contribution in [2.24, 2.45) is 0 Å². The molecular weight excluding hydrogens is 237 g/mol. The number of aromatic nitrogens is 1. The third-order valence-electron chi connectivity index (χ3n) is 2.28. The zero-order valence-electron chi connectivity index (χ0n) is 9.39. The van der Waals surface area contributed by atoms with Gasteiger partial charge in [-0.05, 0) is 37.3 Å². The average Bonchev–Trinajstić information content (AvgIpc) is 2.29. The number of rotatable bonds is 3. The minimum Gasteiger partial charge on any atom is -0.257 e. The van der Waals surface area contributed by atoms with E-state index in [1.165, 1.54) is 12.1 Å². The molecule has 2 aromatic rings. The van der Waals surface area contributed by atoms with Crippen LogP contribution in [0.2, 0.25) is 0 Å². The third kappa shape index (κ3) is 3.20. The predicted octanol–water partition coefficient (Wildman–Crippen LogP) is 2.84. The second-order valence-corrected chi connectivity index (χ2v) is 5.17. The lowest BCUT2D eigenvalue weighted by Gasteiger charge is -2.03. The molecule has 0 amide bonds. The van der Waals surface area contributed by atoms with Gasteiger partial charge in [0.25, 0.3) is 0 Å². The average molecular weight is 249 g/mol. The minimum atomic E-state index is -1.26. The summed E-state index contributed by atoms with van der Waals surface area (Å²) in [6.07, 6.45) is 0. The molecule has 0 N–H and O–H groups in total. The van der Waals surface area contributed by atoms with E-state index < -0.39 is 10.8 Å². The van der Waals surface area contributed by atoms with E-state index in [-0.39, 0.29) is 5.82 Å². The molecule has 1 atom stereocenters. The van der Waals surface area contributed by atoms with Crippen LogP contribution < -0.4 is 0 Å². The summed E-state index contributed by atoms with van der Waals surface area (Å²) in [5, 5.41) is 0. The highest BCUT2D eigenvalue weighted by Crippen LogP contribution is 2.12. The van der Waals surface area contributed by atoms with Gasteiger partial charge in [0, 0.05) is 10.6 Å². The molecule has 0 saturated carbocycles. The Hall–Kier alpha value is -1.55. The van der Waals surface area contributed by atoms with Gasteiger partial charge >= 0.3 is 0 Å². The van der Waals surface area contributed by atoms with Gasteiger partial charge < -0.3 is 0 Å². The zero-order chi connectivity index (χ0) is 12.3. The molecule has 2 rings (SSSR count). The van der Waals surface area contributed by atoms with Crippen molar-refractivity contribution in [3.05, 3.63) is 59.7 Å². The monoisotopic (exact) mass is 249 g/mol. The maximum absolute atomic E-state index is 13.0. The summed E-state index contributed by atoms with van der Waals surface area (Å²) in [5.74, 6) is -0.0569. The van der Waals surface area contributed by atoms with Crippen LogP contribution in [0.5, 0.6) is 0 Å². The molecule has 1 heterocycles. The summed E-state index contributed by atoms with van der Waals surface area (Å²) in [7, 11) is -1.26. The van der Waals surface area contributed by atoms with Crippen LogP contribution in [-0.2, 0) is 16.6 Å². The van der Waals surface area contributed by atoms with Crippen LogP contribution in [0, 0.1) is 12.7 Å². The lowest BCUT2D eigenvalue weighted by atomic mass is 10.3. The Balaban J connectivity index is 2.17. The van der Waals surface area contributed by atoms with E-state index in [1.54, 1.807) is 12.1 Å². The summed E-state index contributed by atoms with van der Waals surface area (Å²) in [4.78, 5) is 4.77. The molecule has 17 heavy (non-hydrogen) atoms. The largest absolute Gasteiger partial charge is 0.257 e. The van der Waals surface area contributed by atoms with E-state index in [1.807, 2.05) is 25.1 Å². The molecule has 0 saturated heterocycles. The Morgan fingerprint density at radius 2 is 2.00 bits per heavy atom. The van der Waals surface area contributed by atoms with E-state index in [9.17, 15) is 8.60 Å². The van der Waals surface area contributed by atoms with E-state index in [4.69, 9.17) is 0 Å². The predicted molar refractivity (Wildman–Crippen MR) is 65.5 cm³/mol. The molecule has 0 radical (unpaired) electrons. The van der Waals surface area contributed by atoms with Gasteiger partial charge in [0.05, 0.1) is 22.2 Å². The van der Waals surface area contributed by atoms with Crippen molar-refractivity contribution in [3.8, 4) is 0 Å². The number of nitrogens with zero attached hydrogens (tertiary/aromatic N) is 1. The van der Waals surface area contributed by atoms with Crippen LogP contribution in [0.15, 0.2) is 47.4 Å². The molecule has 2 nitrogen and oxygen atoms in total. The minimum absolute atomic E-state index is 0.311. The molecule has 0 aliphatic rings. The fourth-order valence-electron chi connectivity index (χ4n) is 1.51. The third-order valence-corrected chi connectivity index (χ3v) is 3.62. The summed E-state index contributed by atoms with van der Waals surface area (Å²) in [5.41, 5.74) is 1.64. The van der Waals surface area contributed by atoms with Crippen molar-refractivity contribution in [1.29, 1.82) is 0 Å². The van der Waals surface area contributed by atoms with Gasteiger partial charge in [-0.3, -0.25) is 9.19 Å². The molecule has 88 valence electrons. The molecule has 0 aliphatic carbocycles. The van der Waals surface area contributed by atoms with Gasteiger partial charge in [0.2, 0.25) is 0 Å². The van der Waals surface area contributed by atoms with Gasteiger partial charge in [-0.2, -0.15) is 0 Å². The summed E-state index contributed by atoms with van der Waals surface area (Å²) in [6.45, 7) is 1.88. The Kier molecular flexibility index (Phi) is 3.64. The lowest BCUT2D eigenvalue weighted by molar-refractivity contribution is 0.622. The Bertz CT molecular complexity index is 557. The fraction of sp³-hybridized carbons (Fsp3) is 0.154. The Morgan fingerprint density at radius 1 is 1.24 bits per heavy atom.